The third kappa shape index (κ3) is 4.38. The zero-order chi connectivity index (χ0) is 30.5. The molecule has 0 fully saturated rings. The minimum absolute atomic E-state index is 1.23. The third-order valence-electron chi connectivity index (χ3n) is 9.44. The largest absolute Gasteiger partial charge is 0.0616 e. The van der Waals surface area contributed by atoms with E-state index in [4.69, 9.17) is 0 Å². The van der Waals surface area contributed by atoms with Crippen LogP contribution in [0.25, 0.3) is 87.6 Å². The molecule has 46 heavy (non-hydrogen) atoms. The van der Waals surface area contributed by atoms with Crippen LogP contribution in [0.4, 0.5) is 0 Å². The van der Waals surface area contributed by atoms with Gasteiger partial charge in [-0.05, 0) is 99.7 Å². The van der Waals surface area contributed by atoms with Crippen LogP contribution in [0.15, 0.2) is 182 Å². The lowest BCUT2D eigenvalue weighted by atomic mass is 9.85. The summed E-state index contributed by atoms with van der Waals surface area (Å²) >= 11 is 0. The van der Waals surface area contributed by atoms with Crippen LogP contribution >= 0.6 is 0 Å². The Bertz CT molecular complexity index is 2510. The maximum atomic E-state index is 2.37. The number of benzene rings is 9. The van der Waals surface area contributed by atoms with Gasteiger partial charge in [-0.1, -0.05) is 170 Å². The van der Waals surface area contributed by atoms with Crippen LogP contribution < -0.4 is 0 Å². The Balaban J connectivity index is 1.22. The van der Waals surface area contributed by atoms with Crippen LogP contribution in [0.5, 0.6) is 0 Å². The fraction of sp³-hybridized carbons (Fsp3) is 0. The minimum Gasteiger partial charge on any atom is -0.0616 e. The SMILES string of the molecule is c1cc(-c2cccc3ccccc23)cc(-c2c3ccccc3c(-c3ccc(-c4ccc5ccccc5c4)cc3)c3ccccc23)c1. The minimum atomic E-state index is 1.23. The standard InChI is InChI=1S/C46H30/c1-2-13-35-29-36(28-25-31(35)11-1)32-23-26-34(27-24-32)45-41-18-5-7-20-43(41)46(44-21-8-6-19-42(44)45)38-16-9-15-37(30-38)40-22-10-14-33-12-3-4-17-39(33)40/h1-30H. The van der Waals surface area contributed by atoms with Crippen molar-refractivity contribution in [3.63, 3.8) is 0 Å². The topological polar surface area (TPSA) is 0 Å². The molecule has 0 saturated carbocycles. The van der Waals surface area contributed by atoms with E-state index < -0.39 is 0 Å². The maximum Gasteiger partial charge on any atom is -0.00262 e. The molecule has 0 atom stereocenters. The molecule has 0 nitrogen and oxygen atoms in total. The zero-order valence-electron chi connectivity index (χ0n) is 25.3. The van der Waals surface area contributed by atoms with Crippen LogP contribution in [-0.2, 0) is 0 Å². The first-order valence-corrected chi connectivity index (χ1v) is 15.9. The highest BCUT2D eigenvalue weighted by molar-refractivity contribution is 6.21. The molecule has 9 aromatic rings. The van der Waals surface area contributed by atoms with Gasteiger partial charge in [0, 0.05) is 0 Å². The maximum absolute atomic E-state index is 2.37. The van der Waals surface area contributed by atoms with Gasteiger partial charge in [0.15, 0.2) is 0 Å². The first-order valence-electron chi connectivity index (χ1n) is 15.9. The molecular formula is C46H30. The van der Waals surface area contributed by atoms with Crippen molar-refractivity contribution in [1.82, 2.24) is 0 Å². The molecule has 9 rings (SSSR count). The van der Waals surface area contributed by atoms with Crippen LogP contribution in [0.1, 0.15) is 0 Å². The summed E-state index contributed by atoms with van der Waals surface area (Å²) in [5.74, 6) is 0. The Kier molecular flexibility index (Phi) is 6.25. The van der Waals surface area contributed by atoms with Crippen LogP contribution in [0.3, 0.4) is 0 Å². The number of hydrogen-bond acceptors (Lipinski definition) is 0. The summed E-state index contributed by atoms with van der Waals surface area (Å²) in [4.78, 5) is 0. The van der Waals surface area contributed by atoms with E-state index in [2.05, 4.69) is 182 Å². The lowest BCUT2D eigenvalue weighted by Gasteiger charge is -2.18. The van der Waals surface area contributed by atoms with Gasteiger partial charge in [-0.3, -0.25) is 0 Å². The smallest absolute Gasteiger partial charge is 0.00262 e. The lowest BCUT2D eigenvalue weighted by Crippen LogP contribution is -1.91. The van der Waals surface area contributed by atoms with Gasteiger partial charge < -0.3 is 0 Å². The van der Waals surface area contributed by atoms with Crippen molar-refractivity contribution in [2.24, 2.45) is 0 Å². The Labute approximate surface area is 268 Å². The Hall–Kier alpha value is -5.98. The highest BCUT2D eigenvalue weighted by Gasteiger charge is 2.17. The van der Waals surface area contributed by atoms with Gasteiger partial charge in [0.05, 0.1) is 0 Å². The second kappa shape index (κ2) is 10.9. The molecule has 0 bridgehead atoms. The molecule has 0 amide bonds. The summed E-state index contributed by atoms with van der Waals surface area (Å²) in [7, 11) is 0. The molecule has 0 aliphatic carbocycles. The summed E-state index contributed by atoms with van der Waals surface area (Å²) in [6.07, 6.45) is 0. The van der Waals surface area contributed by atoms with Gasteiger partial charge in [-0.15, -0.1) is 0 Å². The van der Waals surface area contributed by atoms with Gasteiger partial charge in [-0.2, -0.15) is 0 Å². The van der Waals surface area contributed by atoms with Gasteiger partial charge in [0.2, 0.25) is 0 Å². The summed E-state index contributed by atoms with van der Waals surface area (Å²) in [6, 6.07) is 66.5. The molecule has 0 heterocycles. The van der Waals surface area contributed by atoms with E-state index in [0.717, 1.165) is 0 Å². The summed E-state index contributed by atoms with van der Waals surface area (Å²) in [5, 5.41) is 10.1. The second-order valence-electron chi connectivity index (χ2n) is 12.1. The Morgan fingerprint density at radius 2 is 0.696 bits per heavy atom. The van der Waals surface area contributed by atoms with E-state index >= 15 is 0 Å². The van der Waals surface area contributed by atoms with Crippen molar-refractivity contribution >= 4 is 43.1 Å². The first-order chi connectivity index (χ1) is 22.8. The average molecular weight is 583 g/mol. The van der Waals surface area contributed by atoms with Crippen LogP contribution in [-0.4, -0.2) is 0 Å². The van der Waals surface area contributed by atoms with Gasteiger partial charge in [-0.25, -0.2) is 0 Å². The Morgan fingerprint density at radius 1 is 0.217 bits per heavy atom. The monoisotopic (exact) mass is 582 g/mol. The molecule has 0 aromatic heterocycles. The molecule has 0 aliphatic rings. The van der Waals surface area contributed by atoms with Crippen molar-refractivity contribution < 1.29 is 0 Å². The third-order valence-corrected chi connectivity index (χ3v) is 9.44. The molecule has 0 heteroatoms. The van der Waals surface area contributed by atoms with E-state index in [0.29, 0.717) is 0 Å². The Morgan fingerprint density at radius 3 is 1.39 bits per heavy atom. The molecule has 9 aromatic carbocycles. The molecule has 0 saturated heterocycles. The molecule has 0 unspecified atom stereocenters. The normalized spacial score (nSPS) is 11.5. The van der Waals surface area contributed by atoms with Crippen molar-refractivity contribution in [3.8, 4) is 44.5 Å². The number of hydrogen-bond donors (Lipinski definition) is 0. The van der Waals surface area contributed by atoms with Crippen molar-refractivity contribution in [2.75, 3.05) is 0 Å². The van der Waals surface area contributed by atoms with E-state index in [1.54, 1.807) is 0 Å². The van der Waals surface area contributed by atoms with Crippen LogP contribution in [0, 0.1) is 0 Å². The highest BCUT2D eigenvalue weighted by atomic mass is 14.2. The first kappa shape index (κ1) is 26.4. The predicted molar refractivity (Wildman–Crippen MR) is 198 cm³/mol. The summed E-state index contributed by atoms with van der Waals surface area (Å²) in [5.41, 5.74) is 9.98. The van der Waals surface area contributed by atoms with E-state index in [1.807, 2.05) is 0 Å². The number of fused-ring (bicyclic) bond motifs is 4. The fourth-order valence-corrected chi connectivity index (χ4v) is 7.27. The van der Waals surface area contributed by atoms with Crippen molar-refractivity contribution in [3.05, 3.63) is 182 Å². The fourth-order valence-electron chi connectivity index (χ4n) is 7.27. The van der Waals surface area contributed by atoms with E-state index in [-0.39, 0.29) is 0 Å². The van der Waals surface area contributed by atoms with Gasteiger partial charge in [0.25, 0.3) is 0 Å². The van der Waals surface area contributed by atoms with Gasteiger partial charge >= 0.3 is 0 Å². The molecule has 0 radical (unpaired) electrons. The number of rotatable bonds is 4. The molecular weight excluding hydrogens is 553 g/mol. The highest BCUT2D eigenvalue weighted by Crippen LogP contribution is 2.44. The molecule has 214 valence electrons. The van der Waals surface area contributed by atoms with Gasteiger partial charge in [0.1, 0.15) is 0 Å². The summed E-state index contributed by atoms with van der Waals surface area (Å²) in [6.45, 7) is 0. The lowest BCUT2D eigenvalue weighted by molar-refractivity contribution is 1.62. The zero-order valence-corrected chi connectivity index (χ0v) is 25.3. The van der Waals surface area contributed by atoms with E-state index in [1.165, 1.54) is 87.6 Å². The second-order valence-corrected chi connectivity index (χ2v) is 12.1. The average Bonchev–Trinajstić information content (AvgIpc) is 3.13. The van der Waals surface area contributed by atoms with Crippen LogP contribution in [0.2, 0.25) is 0 Å². The quantitative estimate of drug-likeness (QED) is 0.181. The molecule has 0 aliphatic heterocycles. The van der Waals surface area contributed by atoms with Crippen molar-refractivity contribution in [1.29, 1.82) is 0 Å². The molecule has 0 spiro atoms. The summed E-state index contributed by atoms with van der Waals surface area (Å²) < 4.78 is 0. The van der Waals surface area contributed by atoms with E-state index in [9.17, 15) is 0 Å². The molecule has 0 N–H and O–H groups in total. The van der Waals surface area contributed by atoms with Crippen molar-refractivity contribution in [2.45, 2.75) is 0 Å². The predicted octanol–water partition coefficient (Wildman–Crippen LogP) is 13.0.